The molecule has 0 aliphatic carbocycles. The van der Waals surface area contributed by atoms with Crippen LogP contribution in [0.4, 0.5) is 21.5 Å². The van der Waals surface area contributed by atoms with Crippen molar-refractivity contribution in [2.24, 2.45) is 0 Å². The zero-order valence-electron chi connectivity index (χ0n) is 16.6. The molecule has 0 bridgehead atoms. The summed E-state index contributed by atoms with van der Waals surface area (Å²) in [6.07, 6.45) is 0. The van der Waals surface area contributed by atoms with E-state index in [0.29, 0.717) is 22.7 Å². The van der Waals surface area contributed by atoms with Crippen molar-refractivity contribution in [3.8, 4) is 5.75 Å². The van der Waals surface area contributed by atoms with E-state index in [0.717, 1.165) is 0 Å². The second kappa shape index (κ2) is 9.51. The molecular formula is C21H19ClFN3O3S2. The number of rotatable bonds is 6. The van der Waals surface area contributed by atoms with E-state index in [1.165, 1.54) is 25.3 Å². The van der Waals surface area contributed by atoms with E-state index < -0.39 is 10.0 Å². The molecule has 3 rings (SSSR count). The molecule has 31 heavy (non-hydrogen) atoms. The van der Waals surface area contributed by atoms with Crippen molar-refractivity contribution >= 4 is 56.0 Å². The molecule has 3 aromatic carbocycles. The van der Waals surface area contributed by atoms with E-state index in [9.17, 15) is 12.8 Å². The predicted molar refractivity (Wildman–Crippen MR) is 126 cm³/mol. The molecule has 0 spiro atoms. The second-order valence-corrected chi connectivity index (χ2v) is 8.96. The molecule has 162 valence electrons. The molecule has 0 aliphatic rings. The molecule has 0 aliphatic heterocycles. The van der Waals surface area contributed by atoms with E-state index in [2.05, 4.69) is 15.4 Å². The molecule has 3 N–H and O–H groups in total. The summed E-state index contributed by atoms with van der Waals surface area (Å²) < 4.78 is 47.2. The number of ether oxygens (including phenoxy) is 1. The topological polar surface area (TPSA) is 79.5 Å². The third kappa shape index (κ3) is 5.63. The number of sulfonamides is 1. The minimum Gasteiger partial charge on any atom is -0.495 e. The summed E-state index contributed by atoms with van der Waals surface area (Å²) in [6, 6.07) is 15.6. The Bertz CT molecular complexity index is 1240. The maximum absolute atomic E-state index is 13.7. The third-order valence-corrected chi connectivity index (χ3v) is 6.31. The molecule has 0 unspecified atom stereocenters. The Morgan fingerprint density at radius 3 is 2.35 bits per heavy atom. The van der Waals surface area contributed by atoms with Gasteiger partial charge in [0.05, 0.1) is 17.8 Å². The minimum absolute atomic E-state index is 0.0347. The molecule has 0 fully saturated rings. The summed E-state index contributed by atoms with van der Waals surface area (Å²) in [5.74, 6) is 0.00210. The van der Waals surface area contributed by atoms with Gasteiger partial charge in [0.2, 0.25) is 0 Å². The van der Waals surface area contributed by atoms with Gasteiger partial charge in [-0.25, -0.2) is 12.8 Å². The predicted octanol–water partition coefficient (Wildman–Crippen LogP) is 5.41. The standard InChI is InChI=1S/C21H19ClFN3O3S2/c1-13-7-8-14(11-17(13)23)24-21(30)25-15-9-10-16(22)20(12-15)31(27,28)26-18-5-3-4-6-19(18)29-2/h3-12,26H,1-2H3,(H2,24,25,30). The van der Waals surface area contributed by atoms with Crippen molar-refractivity contribution in [2.45, 2.75) is 11.8 Å². The van der Waals surface area contributed by atoms with Crippen molar-refractivity contribution in [1.82, 2.24) is 0 Å². The number of thiocarbonyl (C=S) groups is 1. The molecular weight excluding hydrogens is 461 g/mol. The van der Waals surface area contributed by atoms with Crippen LogP contribution in [0.15, 0.2) is 65.6 Å². The van der Waals surface area contributed by atoms with E-state index in [-0.39, 0.29) is 26.5 Å². The Morgan fingerprint density at radius 1 is 1.03 bits per heavy atom. The lowest BCUT2D eigenvalue weighted by molar-refractivity contribution is 0.417. The first kappa shape index (κ1) is 22.8. The van der Waals surface area contributed by atoms with Gasteiger partial charge < -0.3 is 15.4 Å². The van der Waals surface area contributed by atoms with Gasteiger partial charge in [-0.2, -0.15) is 0 Å². The number of hydrogen-bond donors (Lipinski definition) is 3. The fraction of sp³-hybridized carbons (Fsp3) is 0.0952. The maximum atomic E-state index is 13.7. The van der Waals surface area contributed by atoms with Crippen LogP contribution in [0, 0.1) is 12.7 Å². The molecule has 6 nitrogen and oxygen atoms in total. The summed E-state index contributed by atoms with van der Waals surface area (Å²) >= 11 is 11.4. The summed E-state index contributed by atoms with van der Waals surface area (Å²) in [4.78, 5) is -0.144. The number of anilines is 3. The number of methoxy groups -OCH3 is 1. The van der Waals surface area contributed by atoms with E-state index in [4.69, 9.17) is 28.6 Å². The fourth-order valence-corrected chi connectivity index (χ4v) is 4.51. The molecule has 0 saturated carbocycles. The Balaban J connectivity index is 1.80. The lowest BCUT2D eigenvalue weighted by Crippen LogP contribution is -2.20. The zero-order valence-corrected chi connectivity index (χ0v) is 19.0. The fourth-order valence-electron chi connectivity index (χ4n) is 2.68. The van der Waals surface area contributed by atoms with E-state index in [1.54, 1.807) is 49.4 Å². The highest BCUT2D eigenvalue weighted by Gasteiger charge is 2.20. The van der Waals surface area contributed by atoms with Crippen LogP contribution in [-0.4, -0.2) is 20.6 Å². The molecule has 3 aromatic rings. The lowest BCUT2D eigenvalue weighted by atomic mass is 10.2. The first-order valence-electron chi connectivity index (χ1n) is 8.99. The van der Waals surface area contributed by atoms with Crippen LogP contribution in [0.5, 0.6) is 5.75 Å². The van der Waals surface area contributed by atoms with Crippen molar-refractivity contribution in [3.63, 3.8) is 0 Å². The SMILES string of the molecule is COc1ccccc1NS(=O)(=O)c1cc(NC(=S)Nc2ccc(C)c(F)c2)ccc1Cl. The first-order valence-corrected chi connectivity index (χ1v) is 11.3. The van der Waals surface area contributed by atoms with Crippen LogP contribution in [0.25, 0.3) is 0 Å². The highest BCUT2D eigenvalue weighted by molar-refractivity contribution is 7.92. The summed E-state index contributed by atoms with van der Waals surface area (Å²) in [6.45, 7) is 1.66. The smallest absolute Gasteiger partial charge is 0.263 e. The van der Waals surface area contributed by atoms with Crippen LogP contribution in [0.3, 0.4) is 0 Å². The highest BCUT2D eigenvalue weighted by Crippen LogP contribution is 2.30. The molecule has 0 heterocycles. The van der Waals surface area contributed by atoms with Crippen LogP contribution >= 0.6 is 23.8 Å². The van der Waals surface area contributed by atoms with Crippen LogP contribution < -0.4 is 20.1 Å². The monoisotopic (exact) mass is 479 g/mol. The Labute approximate surface area is 190 Å². The molecule has 0 radical (unpaired) electrons. The van der Waals surface area contributed by atoms with Gasteiger partial charge in [0.1, 0.15) is 16.5 Å². The van der Waals surface area contributed by atoms with Gasteiger partial charge in [-0.1, -0.05) is 29.8 Å². The largest absolute Gasteiger partial charge is 0.495 e. The average molecular weight is 480 g/mol. The van der Waals surface area contributed by atoms with Gasteiger partial charge in [-0.3, -0.25) is 4.72 Å². The van der Waals surface area contributed by atoms with Crippen LogP contribution in [0.2, 0.25) is 5.02 Å². The van der Waals surface area contributed by atoms with Crippen molar-refractivity contribution in [1.29, 1.82) is 0 Å². The lowest BCUT2D eigenvalue weighted by Gasteiger charge is -2.15. The average Bonchev–Trinajstić information content (AvgIpc) is 2.72. The molecule has 0 atom stereocenters. The van der Waals surface area contributed by atoms with Crippen molar-refractivity contribution in [2.75, 3.05) is 22.5 Å². The Morgan fingerprint density at radius 2 is 1.68 bits per heavy atom. The van der Waals surface area contributed by atoms with Crippen LogP contribution in [0.1, 0.15) is 5.56 Å². The van der Waals surface area contributed by atoms with E-state index in [1.807, 2.05) is 0 Å². The summed E-state index contributed by atoms with van der Waals surface area (Å²) in [5, 5.41) is 5.92. The van der Waals surface area contributed by atoms with Crippen LogP contribution in [-0.2, 0) is 10.0 Å². The third-order valence-electron chi connectivity index (χ3n) is 4.26. The number of halogens is 2. The summed E-state index contributed by atoms with van der Waals surface area (Å²) in [5.41, 5.74) is 1.63. The zero-order chi connectivity index (χ0) is 22.6. The minimum atomic E-state index is -4.02. The number of hydrogen-bond acceptors (Lipinski definition) is 4. The van der Waals surface area contributed by atoms with Gasteiger partial charge in [-0.15, -0.1) is 0 Å². The number of benzene rings is 3. The van der Waals surface area contributed by atoms with Gasteiger partial charge in [0, 0.05) is 11.4 Å². The molecule has 0 amide bonds. The maximum Gasteiger partial charge on any atom is 0.263 e. The normalized spacial score (nSPS) is 11.0. The molecule has 0 saturated heterocycles. The van der Waals surface area contributed by atoms with Gasteiger partial charge >= 0.3 is 0 Å². The second-order valence-electron chi connectivity index (χ2n) is 6.49. The number of para-hydroxylation sites is 2. The molecule has 10 heteroatoms. The summed E-state index contributed by atoms with van der Waals surface area (Å²) in [7, 11) is -2.58. The van der Waals surface area contributed by atoms with Gasteiger partial charge in [0.25, 0.3) is 10.0 Å². The Hall–Kier alpha value is -2.88. The van der Waals surface area contributed by atoms with Crippen molar-refractivity contribution < 1.29 is 17.5 Å². The van der Waals surface area contributed by atoms with E-state index >= 15 is 0 Å². The van der Waals surface area contributed by atoms with Crippen molar-refractivity contribution in [3.05, 3.63) is 77.1 Å². The number of aryl methyl sites for hydroxylation is 1. The molecule has 0 aromatic heterocycles. The first-order chi connectivity index (χ1) is 14.7. The highest BCUT2D eigenvalue weighted by atomic mass is 35.5. The van der Waals surface area contributed by atoms with Gasteiger partial charge in [-0.05, 0) is 67.2 Å². The number of nitrogens with one attached hydrogen (secondary N) is 3. The Kier molecular flexibility index (Phi) is 6.99. The quantitative estimate of drug-likeness (QED) is 0.410. The van der Waals surface area contributed by atoms with Gasteiger partial charge in [0.15, 0.2) is 5.11 Å².